The maximum atomic E-state index is 13.0. The van der Waals surface area contributed by atoms with E-state index in [4.69, 9.17) is 0 Å². The highest BCUT2D eigenvalue weighted by Gasteiger charge is 2.16. The fourth-order valence-corrected chi connectivity index (χ4v) is 4.48. The van der Waals surface area contributed by atoms with Gasteiger partial charge in [-0.3, -0.25) is 4.79 Å². The zero-order valence-electron chi connectivity index (χ0n) is 15.8. The molecule has 0 N–H and O–H groups in total. The van der Waals surface area contributed by atoms with E-state index in [0.717, 1.165) is 26.7 Å². The standard InChI is InChI=1S/C21H23N3OS/c1-13-10-17-19(26-13)16-11-22-24(20(25)18(16)23(17)5)12-14-6-8-15(9-7-14)21(2,3)4/h6-11H,12H2,1-5H3. The molecule has 5 heteroatoms. The molecule has 0 amide bonds. The minimum atomic E-state index is -0.0362. The van der Waals surface area contributed by atoms with Gasteiger partial charge in [-0.15, -0.1) is 11.3 Å². The Morgan fingerprint density at radius 1 is 1.15 bits per heavy atom. The first-order valence-corrected chi connectivity index (χ1v) is 9.61. The van der Waals surface area contributed by atoms with Crippen molar-refractivity contribution in [1.82, 2.24) is 14.3 Å². The van der Waals surface area contributed by atoms with Crippen molar-refractivity contribution in [3.8, 4) is 0 Å². The molecule has 0 atom stereocenters. The number of rotatable bonds is 2. The van der Waals surface area contributed by atoms with E-state index in [1.165, 1.54) is 10.4 Å². The third-order valence-electron chi connectivity index (χ3n) is 4.95. The molecular formula is C21H23N3OS. The molecule has 0 aliphatic carbocycles. The van der Waals surface area contributed by atoms with Gasteiger partial charge in [0.15, 0.2) is 0 Å². The minimum Gasteiger partial charge on any atom is -0.338 e. The van der Waals surface area contributed by atoms with Crippen LogP contribution in [0.4, 0.5) is 0 Å². The molecule has 0 unspecified atom stereocenters. The van der Waals surface area contributed by atoms with E-state index in [0.29, 0.717) is 6.54 Å². The number of hydrogen-bond acceptors (Lipinski definition) is 3. The Morgan fingerprint density at radius 2 is 1.85 bits per heavy atom. The van der Waals surface area contributed by atoms with Crippen molar-refractivity contribution >= 4 is 32.5 Å². The van der Waals surface area contributed by atoms with E-state index >= 15 is 0 Å². The number of nitrogens with zero attached hydrogens (tertiary/aromatic N) is 3. The summed E-state index contributed by atoms with van der Waals surface area (Å²) in [6.07, 6.45) is 1.83. The molecule has 4 aromatic rings. The first-order valence-electron chi connectivity index (χ1n) is 8.80. The zero-order chi connectivity index (χ0) is 18.6. The Kier molecular flexibility index (Phi) is 3.81. The van der Waals surface area contributed by atoms with Crippen molar-refractivity contribution in [3.63, 3.8) is 0 Å². The van der Waals surface area contributed by atoms with Crippen LogP contribution in [-0.4, -0.2) is 14.3 Å². The quantitative estimate of drug-likeness (QED) is 0.521. The van der Waals surface area contributed by atoms with Gasteiger partial charge in [-0.25, -0.2) is 4.68 Å². The highest BCUT2D eigenvalue weighted by Crippen LogP contribution is 2.32. The Bertz CT molecular complexity index is 1170. The van der Waals surface area contributed by atoms with E-state index in [9.17, 15) is 4.79 Å². The van der Waals surface area contributed by atoms with Crippen LogP contribution in [0.25, 0.3) is 21.1 Å². The molecule has 1 aromatic carbocycles. The van der Waals surface area contributed by atoms with E-state index < -0.39 is 0 Å². The number of aromatic nitrogens is 3. The Labute approximate surface area is 156 Å². The van der Waals surface area contributed by atoms with Crippen molar-refractivity contribution in [3.05, 3.63) is 62.9 Å². The normalized spacial score (nSPS) is 12.3. The molecule has 4 rings (SSSR count). The molecule has 0 saturated carbocycles. The second-order valence-corrected chi connectivity index (χ2v) is 9.20. The van der Waals surface area contributed by atoms with Crippen molar-refractivity contribution in [2.24, 2.45) is 7.05 Å². The average molecular weight is 366 g/mol. The van der Waals surface area contributed by atoms with Crippen LogP contribution >= 0.6 is 11.3 Å². The van der Waals surface area contributed by atoms with Crippen LogP contribution in [-0.2, 0) is 19.0 Å². The third kappa shape index (κ3) is 2.67. The summed E-state index contributed by atoms with van der Waals surface area (Å²) >= 11 is 1.72. The molecule has 134 valence electrons. The van der Waals surface area contributed by atoms with Crippen molar-refractivity contribution < 1.29 is 0 Å². The highest BCUT2D eigenvalue weighted by atomic mass is 32.1. The van der Waals surface area contributed by atoms with Gasteiger partial charge < -0.3 is 4.57 Å². The molecule has 0 spiro atoms. The lowest BCUT2D eigenvalue weighted by molar-refractivity contribution is 0.589. The molecule has 0 radical (unpaired) electrons. The lowest BCUT2D eigenvalue weighted by Crippen LogP contribution is -2.24. The Balaban J connectivity index is 1.77. The fourth-order valence-electron chi connectivity index (χ4n) is 3.43. The number of aryl methyl sites for hydroxylation is 2. The summed E-state index contributed by atoms with van der Waals surface area (Å²) in [5, 5.41) is 5.39. The van der Waals surface area contributed by atoms with Crippen LogP contribution in [0.1, 0.15) is 36.8 Å². The van der Waals surface area contributed by atoms with Crippen LogP contribution in [0.3, 0.4) is 0 Å². The van der Waals surface area contributed by atoms with E-state index in [1.54, 1.807) is 16.0 Å². The monoisotopic (exact) mass is 365 g/mol. The van der Waals surface area contributed by atoms with E-state index in [1.807, 2.05) is 17.8 Å². The Morgan fingerprint density at radius 3 is 2.50 bits per heavy atom. The van der Waals surface area contributed by atoms with Gasteiger partial charge in [0.05, 0.1) is 23.0 Å². The third-order valence-corrected chi connectivity index (χ3v) is 6.02. The number of fused-ring (bicyclic) bond motifs is 3. The summed E-state index contributed by atoms with van der Waals surface area (Å²) in [5.41, 5.74) is 4.29. The van der Waals surface area contributed by atoms with Gasteiger partial charge in [0.1, 0.15) is 5.52 Å². The molecule has 0 aliphatic heterocycles. The number of hydrogen-bond donors (Lipinski definition) is 0. The minimum absolute atomic E-state index is 0.0362. The lowest BCUT2D eigenvalue weighted by Gasteiger charge is -2.19. The largest absolute Gasteiger partial charge is 0.338 e. The van der Waals surface area contributed by atoms with Crippen molar-refractivity contribution in [1.29, 1.82) is 0 Å². The van der Waals surface area contributed by atoms with Gasteiger partial charge in [-0.2, -0.15) is 5.10 Å². The summed E-state index contributed by atoms with van der Waals surface area (Å²) < 4.78 is 4.70. The van der Waals surface area contributed by atoms with Crippen LogP contribution in [0, 0.1) is 6.92 Å². The van der Waals surface area contributed by atoms with Crippen LogP contribution in [0.15, 0.2) is 41.3 Å². The summed E-state index contributed by atoms with van der Waals surface area (Å²) in [4.78, 5) is 14.3. The van der Waals surface area contributed by atoms with Crippen LogP contribution in [0.5, 0.6) is 0 Å². The van der Waals surface area contributed by atoms with Gasteiger partial charge in [0.25, 0.3) is 5.56 Å². The predicted octanol–water partition coefficient (Wildman–Crippen LogP) is 4.60. The molecule has 4 nitrogen and oxygen atoms in total. The summed E-state index contributed by atoms with van der Waals surface area (Å²) in [7, 11) is 1.96. The van der Waals surface area contributed by atoms with Crippen LogP contribution in [0.2, 0.25) is 0 Å². The maximum Gasteiger partial charge on any atom is 0.291 e. The van der Waals surface area contributed by atoms with E-state index in [2.05, 4.69) is 63.1 Å². The first-order chi connectivity index (χ1) is 12.3. The molecule has 3 heterocycles. The summed E-state index contributed by atoms with van der Waals surface area (Å²) in [6.45, 7) is 9.17. The maximum absolute atomic E-state index is 13.0. The molecule has 0 saturated heterocycles. The lowest BCUT2D eigenvalue weighted by atomic mass is 9.87. The van der Waals surface area contributed by atoms with Gasteiger partial charge in [-0.1, -0.05) is 45.0 Å². The van der Waals surface area contributed by atoms with Crippen molar-refractivity contribution in [2.45, 2.75) is 39.7 Å². The molecule has 3 aromatic heterocycles. The predicted molar refractivity (Wildman–Crippen MR) is 109 cm³/mol. The van der Waals surface area contributed by atoms with Gasteiger partial charge in [0.2, 0.25) is 0 Å². The summed E-state index contributed by atoms with van der Waals surface area (Å²) in [6, 6.07) is 10.6. The molecular weight excluding hydrogens is 342 g/mol. The van der Waals surface area contributed by atoms with E-state index in [-0.39, 0.29) is 11.0 Å². The number of benzene rings is 1. The molecule has 26 heavy (non-hydrogen) atoms. The number of thiophene rings is 1. The topological polar surface area (TPSA) is 39.8 Å². The average Bonchev–Trinajstić information content (AvgIpc) is 3.07. The highest BCUT2D eigenvalue weighted by molar-refractivity contribution is 7.20. The van der Waals surface area contributed by atoms with Crippen LogP contribution < -0.4 is 5.56 Å². The molecule has 0 aliphatic rings. The second kappa shape index (κ2) is 5.81. The molecule has 0 fully saturated rings. The van der Waals surface area contributed by atoms with Gasteiger partial charge in [0, 0.05) is 17.3 Å². The fraction of sp³-hybridized carbons (Fsp3) is 0.333. The SMILES string of the molecule is Cc1cc2c(s1)c1cnn(Cc3ccc(C(C)(C)C)cc3)c(=O)c1n2C. The first kappa shape index (κ1) is 17.0. The smallest absolute Gasteiger partial charge is 0.291 e. The van der Waals surface area contributed by atoms with Gasteiger partial charge >= 0.3 is 0 Å². The zero-order valence-corrected chi connectivity index (χ0v) is 16.6. The second-order valence-electron chi connectivity index (χ2n) is 7.95. The van der Waals surface area contributed by atoms with Crippen molar-refractivity contribution in [2.75, 3.05) is 0 Å². The summed E-state index contributed by atoms with van der Waals surface area (Å²) in [5.74, 6) is 0. The Hall–Kier alpha value is -2.40. The van der Waals surface area contributed by atoms with Gasteiger partial charge in [-0.05, 0) is 29.5 Å². The molecule has 0 bridgehead atoms.